The first-order valence-electron chi connectivity index (χ1n) is 6.95. The first-order chi connectivity index (χ1) is 6.95. The summed E-state index contributed by atoms with van der Waals surface area (Å²) in [6, 6.07) is 0. The van der Waals surface area contributed by atoms with Crippen molar-refractivity contribution in [3.05, 3.63) is 0 Å². The molecule has 0 bridgehead atoms. The summed E-state index contributed by atoms with van der Waals surface area (Å²) in [6.07, 6.45) is 1.57. The first-order valence-corrected chi connectivity index (χ1v) is 6.95. The van der Waals surface area contributed by atoms with Crippen molar-refractivity contribution in [1.82, 2.24) is 0 Å². The first kappa shape index (κ1) is 9.07. The van der Waals surface area contributed by atoms with E-state index in [1.165, 1.54) is 0 Å². The smallest absolute Gasteiger partial charge is 0.0201 e. The second kappa shape index (κ2) is 2.05. The van der Waals surface area contributed by atoms with E-state index in [-0.39, 0.29) is 0 Å². The highest BCUT2D eigenvalue weighted by Crippen LogP contribution is 2.95. The summed E-state index contributed by atoms with van der Waals surface area (Å²) in [6.45, 7) is 12.5. The fourth-order valence-corrected chi connectivity index (χ4v) is 6.26. The van der Waals surface area contributed by atoms with Gasteiger partial charge in [-0.2, -0.15) is 0 Å². The molecule has 4 fully saturated rings. The van der Waals surface area contributed by atoms with E-state index in [0.717, 1.165) is 52.3 Å². The van der Waals surface area contributed by atoms with E-state index >= 15 is 0 Å². The molecule has 7 atom stereocenters. The van der Waals surface area contributed by atoms with Crippen molar-refractivity contribution < 1.29 is 0 Å². The van der Waals surface area contributed by atoms with E-state index < -0.39 is 0 Å². The molecule has 15 heavy (non-hydrogen) atoms. The van der Waals surface area contributed by atoms with Gasteiger partial charge in [-0.25, -0.2) is 0 Å². The SMILES string of the molecule is CC1C(CC2C3(C)C(C)C23C)C2C(C)C12. The van der Waals surface area contributed by atoms with Gasteiger partial charge in [0.1, 0.15) is 0 Å². The number of rotatable bonds is 2. The van der Waals surface area contributed by atoms with Gasteiger partial charge in [-0.05, 0) is 58.7 Å². The van der Waals surface area contributed by atoms with E-state index in [1.54, 1.807) is 6.42 Å². The summed E-state index contributed by atoms with van der Waals surface area (Å²) in [4.78, 5) is 0. The van der Waals surface area contributed by atoms with Gasteiger partial charge in [-0.3, -0.25) is 0 Å². The lowest BCUT2D eigenvalue weighted by atomic mass is 9.70. The third kappa shape index (κ3) is 0.666. The molecule has 4 saturated carbocycles. The highest BCUT2D eigenvalue weighted by Gasteiger charge is 2.90. The summed E-state index contributed by atoms with van der Waals surface area (Å²) in [5, 5.41) is 0. The molecule has 0 nitrogen and oxygen atoms in total. The Balaban J connectivity index is 1.44. The maximum atomic E-state index is 2.54. The van der Waals surface area contributed by atoms with Gasteiger partial charge in [0.25, 0.3) is 0 Å². The van der Waals surface area contributed by atoms with E-state index in [9.17, 15) is 0 Å². The molecular formula is C15H24. The predicted molar refractivity (Wildman–Crippen MR) is 62.3 cm³/mol. The molecule has 0 N–H and O–H groups in total. The standard InChI is InChI=1S/C15H24/c1-7-10(13-8(2)12(7)13)6-11-14(4)9(3)15(11,14)5/h7-13H,6H2,1-5H3. The van der Waals surface area contributed by atoms with Crippen molar-refractivity contribution in [3.63, 3.8) is 0 Å². The molecule has 4 rings (SSSR count). The Morgan fingerprint density at radius 1 is 0.867 bits per heavy atom. The average molecular weight is 204 g/mol. The van der Waals surface area contributed by atoms with Crippen molar-refractivity contribution in [2.24, 2.45) is 52.3 Å². The Kier molecular flexibility index (Phi) is 1.24. The van der Waals surface area contributed by atoms with E-state index in [0.29, 0.717) is 0 Å². The fourth-order valence-electron chi connectivity index (χ4n) is 6.26. The van der Waals surface area contributed by atoms with Gasteiger partial charge in [0.05, 0.1) is 0 Å². The van der Waals surface area contributed by atoms with Crippen LogP contribution in [-0.4, -0.2) is 0 Å². The fraction of sp³-hybridized carbons (Fsp3) is 1.00. The molecule has 4 aliphatic rings. The zero-order chi connectivity index (χ0) is 10.7. The molecule has 0 saturated heterocycles. The lowest BCUT2D eigenvalue weighted by molar-refractivity contribution is 0.129. The number of hydrogen-bond donors (Lipinski definition) is 0. The van der Waals surface area contributed by atoms with Crippen LogP contribution < -0.4 is 0 Å². The zero-order valence-corrected chi connectivity index (χ0v) is 10.7. The van der Waals surface area contributed by atoms with Crippen LogP contribution in [0.3, 0.4) is 0 Å². The predicted octanol–water partition coefficient (Wildman–Crippen LogP) is 3.82. The third-order valence-electron chi connectivity index (χ3n) is 8.04. The van der Waals surface area contributed by atoms with Crippen molar-refractivity contribution in [3.8, 4) is 0 Å². The Hall–Kier alpha value is 0. The zero-order valence-electron chi connectivity index (χ0n) is 10.7. The van der Waals surface area contributed by atoms with Gasteiger partial charge < -0.3 is 0 Å². The van der Waals surface area contributed by atoms with Crippen molar-refractivity contribution in [2.45, 2.75) is 41.0 Å². The van der Waals surface area contributed by atoms with Gasteiger partial charge >= 0.3 is 0 Å². The molecular weight excluding hydrogens is 180 g/mol. The molecule has 84 valence electrons. The van der Waals surface area contributed by atoms with Crippen LogP contribution in [0.4, 0.5) is 0 Å². The number of fused-ring (bicyclic) bond motifs is 2. The highest BCUT2D eigenvalue weighted by atomic mass is 14.9. The summed E-state index contributed by atoms with van der Waals surface area (Å²) < 4.78 is 0. The van der Waals surface area contributed by atoms with E-state index in [1.807, 2.05) is 0 Å². The van der Waals surface area contributed by atoms with Gasteiger partial charge in [0, 0.05) is 0 Å². The lowest BCUT2D eigenvalue weighted by Gasteiger charge is -2.35. The van der Waals surface area contributed by atoms with Crippen LogP contribution in [0, 0.1) is 52.3 Å². The van der Waals surface area contributed by atoms with Crippen LogP contribution in [0.15, 0.2) is 0 Å². The van der Waals surface area contributed by atoms with Gasteiger partial charge in [-0.1, -0.05) is 34.6 Å². The Morgan fingerprint density at radius 3 is 1.87 bits per heavy atom. The molecule has 0 spiro atoms. The quantitative estimate of drug-likeness (QED) is 0.641. The summed E-state index contributed by atoms with van der Waals surface area (Å²) in [5.74, 6) is 7.68. The molecule has 4 aliphatic carbocycles. The van der Waals surface area contributed by atoms with Crippen molar-refractivity contribution in [2.75, 3.05) is 0 Å². The van der Waals surface area contributed by atoms with E-state index in [2.05, 4.69) is 34.6 Å². The molecule has 0 aromatic carbocycles. The second-order valence-corrected chi connectivity index (χ2v) is 7.61. The van der Waals surface area contributed by atoms with Crippen LogP contribution in [0.1, 0.15) is 41.0 Å². The molecule has 0 amide bonds. The molecule has 7 unspecified atom stereocenters. The number of hydrogen-bond acceptors (Lipinski definition) is 0. The topological polar surface area (TPSA) is 0 Å². The average Bonchev–Trinajstić information content (AvgIpc) is 3.04. The maximum Gasteiger partial charge on any atom is -0.0201 e. The van der Waals surface area contributed by atoms with Crippen LogP contribution in [0.25, 0.3) is 0 Å². The molecule has 0 heteroatoms. The summed E-state index contributed by atoms with van der Waals surface area (Å²) in [5.41, 5.74) is 1.55. The van der Waals surface area contributed by atoms with Crippen LogP contribution >= 0.6 is 0 Å². The summed E-state index contributed by atoms with van der Waals surface area (Å²) >= 11 is 0. The normalized spacial score (nSPS) is 77.8. The minimum atomic E-state index is 0.774. The Labute approximate surface area is 93.8 Å². The minimum Gasteiger partial charge on any atom is -0.0619 e. The summed E-state index contributed by atoms with van der Waals surface area (Å²) in [7, 11) is 0. The monoisotopic (exact) mass is 204 g/mol. The van der Waals surface area contributed by atoms with E-state index in [4.69, 9.17) is 0 Å². The largest absolute Gasteiger partial charge is 0.0619 e. The van der Waals surface area contributed by atoms with Gasteiger partial charge in [-0.15, -0.1) is 0 Å². The molecule has 0 heterocycles. The molecule has 0 aromatic heterocycles. The lowest BCUT2D eigenvalue weighted by Crippen LogP contribution is -2.29. The minimum absolute atomic E-state index is 0.774. The van der Waals surface area contributed by atoms with Crippen LogP contribution in [-0.2, 0) is 0 Å². The highest BCUT2D eigenvalue weighted by molar-refractivity contribution is 5.37. The van der Waals surface area contributed by atoms with Gasteiger partial charge in [0.15, 0.2) is 0 Å². The van der Waals surface area contributed by atoms with Crippen molar-refractivity contribution >= 4 is 0 Å². The second-order valence-electron chi connectivity index (χ2n) is 7.61. The van der Waals surface area contributed by atoms with Crippen LogP contribution in [0.2, 0.25) is 0 Å². The van der Waals surface area contributed by atoms with Gasteiger partial charge in [0.2, 0.25) is 0 Å². The molecule has 0 aliphatic heterocycles. The van der Waals surface area contributed by atoms with Crippen LogP contribution in [0.5, 0.6) is 0 Å². The Morgan fingerprint density at radius 2 is 1.47 bits per heavy atom. The Bertz CT molecular complexity index is 324. The maximum absolute atomic E-state index is 2.54. The molecule has 0 aromatic rings. The third-order valence-corrected chi connectivity index (χ3v) is 8.04. The van der Waals surface area contributed by atoms with Crippen molar-refractivity contribution in [1.29, 1.82) is 0 Å². The molecule has 0 radical (unpaired) electrons.